The molecule has 0 saturated carbocycles. The van der Waals surface area contributed by atoms with Crippen LogP contribution in [0.15, 0.2) is 36.4 Å². The first-order valence-electron chi connectivity index (χ1n) is 14.4. The van der Waals surface area contributed by atoms with Crippen LogP contribution in [-0.2, 0) is 28.9 Å². The molecule has 2 aliphatic rings. The van der Waals surface area contributed by atoms with Gasteiger partial charge in [-0.1, -0.05) is 38.1 Å². The first kappa shape index (κ1) is 30.1. The zero-order valence-electron chi connectivity index (χ0n) is 24.3. The molecule has 0 spiro atoms. The van der Waals surface area contributed by atoms with Crippen LogP contribution >= 0.6 is 0 Å². The van der Waals surface area contributed by atoms with Gasteiger partial charge in [0.2, 0.25) is 5.91 Å². The smallest absolute Gasteiger partial charge is 0.321 e. The molecular formula is C32H43F2N3O3. The zero-order chi connectivity index (χ0) is 29.2. The van der Waals surface area contributed by atoms with E-state index in [1.807, 2.05) is 19.9 Å². The molecule has 4 rings (SSSR count). The number of rotatable bonds is 10. The number of fused-ring (bicyclic) bond motifs is 1. The highest BCUT2D eigenvalue weighted by Crippen LogP contribution is 2.37. The van der Waals surface area contributed by atoms with Crippen molar-refractivity contribution in [2.24, 2.45) is 11.8 Å². The first-order valence-corrected chi connectivity index (χ1v) is 14.4. The van der Waals surface area contributed by atoms with Gasteiger partial charge in [-0.25, -0.2) is 8.78 Å². The van der Waals surface area contributed by atoms with Gasteiger partial charge in [0.25, 0.3) is 0 Å². The molecule has 1 saturated heterocycles. The second-order valence-electron chi connectivity index (χ2n) is 12.8. The summed E-state index contributed by atoms with van der Waals surface area (Å²) in [4.78, 5) is 28.0. The summed E-state index contributed by atoms with van der Waals surface area (Å²) in [6.45, 7) is 11.3. The van der Waals surface area contributed by atoms with Gasteiger partial charge in [-0.2, -0.15) is 0 Å². The minimum absolute atomic E-state index is 0.0343. The van der Waals surface area contributed by atoms with Crippen molar-refractivity contribution in [2.75, 3.05) is 19.6 Å². The van der Waals surface area contributed by atoms with E-state index >= 15 is 0 Å². The number of hydrogen-bond acceptors (Lipinski definition) is 4. The molecule has 1 aliphatic heterocycles. The van der Waals surface area contributed by atoms with E-state index in [1.54, 1.807) is 0 Å². The van der Waals surface area contributed by atoms with Gasteiger partial charge in [-0.3, -0.25) is 14.5 Å². The van der Waals surface area contributed by atoms with Crippen LogP contribution in [0.2, 0.25) is 0 Å². The Morgan fingerprint density at radius 2 is 1.77 bits per heavy atom. The second-order valence-corrected chi connectivity index (χ2v) is 12.8. The maximum absolute atomic E-state index is 14.8. The van der Waals surface area contributed by atoms with Crippen LogP contribution < -0.4 is 10.6 Å². The molecule has 1 heterocycles. The highest BCUT2D eigenvalue weighted by atomic mass is 19.1. The van der Waals surface area contributed by atoms with Crippen LogP contribution in [0.25, 0.3) is 0 Å². The minimum Gasteiger partial charge on any atom is -0.480 e. The third-order valence-electron chi connectivity index (χ3n) is 8.58. The van der Waals surface area contributed by atoms with Crippen molar-refractivity contribution in [1.82, 2.24) is 15.5 Å². The number of carbonyl (C=O) groups is 2. The van der Waals surface area contributed by atoms with E-state index in [9.17, 15) is 23.5 Å². The standard InChI is InChI=1S/C32H43F2N3O3/c1-19(2)29(16-35-28(31(39)40)14-20-9-10-21-7-6-8-22(21)13-20)36-30(38)26-18-37(32(3,4)5)17-25(26)24-12-11-23(33)15-27(24)34/h9-13,15,19,25-26,28-29,35H,6-8,14,16-18H2,1-5H3,(H,36,38)(H,39,40)/t25-,26+,28-,29?/m0/s1. The van der Waals surface area contributed by atoms with Crippen LogP contribution in [0.1, 0.15) is 69.2 Å². The molecule has 0 aromatic heterocycles. The average Bonchev–Trinajstić information content (AvgIpc) is 3.52. The molecule has 4 atom stereocenters. The topological polar surface area (TPSA) is 81.7 Å². The van der Waals surface area contributed by atoms with Crippen molar-refractivity contribution >= 4 is 11.9 Å². The predicted molar refractivity (Wildman–Crippen MR) is 152 cm³/mol. The van der Waals surface area contributed by atoms with Gasteiger partial charge in [0.15, 0.2) is 0 Å². The summed E-state index contributed by atoms with van der Waals surface area (Å²) in [5, 5.41) is 16.2. The maximum atomic E-state index is 14.8. The normalized spacial score (nSPS) is 20.9. The number of nitrogens with one attached hydrogen (secondary N) is 2. The summed E-state index contributed by atoms with van der Waals surface area (Å²) in [7, 11) is 0. The molecule has 6 nitrogen and oxygen atoms in total. The molecule has 40 heavy (non-hydrogen) atoms. The summed E-state index contributed by atoms with van der Waals surface area (Å²) in [5.74, 6) is -3.34. The number of aliphatic carboxylic acids is 1. The summed E-state index contributed by atoms with van der Waals surface area (Å²) in [6.07, 6.45) is 3.61. The lowest BCUT2D eigenvalue weighted by Crippen LogP contribution is -2.52. The zero-order valence-corrected chi connectivity index (χ0v) is 24.3. The Morgan fingerprint density at radius 3 is 2.42 bits per heavy atom. The summed E-state index contributed by atoms with van der Waals surface area (Å²) in [6, 6.07) is 8.68. The number of hydrogen-bond donors (Lipinski definition) is 3. The van der Waals surface area contributed by atoms with E-state index in [0.717, 1.165) is 30.9 Å². The van der Waals surface area contributed by atoms with Crippen molar-refractivity contribution in [3.63, 3.8) is 0 Å². The van der Waals surface area contributed by atoms with Gasteiger partial charge in [0, 0.05) is 43.2 Å². The fourth-order valence-corrected chi connectivity index (χ4v) is 5.98. The Balaban J connectivity index is 1.46. The number of nitrogens with zero attached hydrogens (tertiary/aromatic N) is 1. The molecular weight excluding hydrogens is 512 g/mol. The van der Waals surface area contributed by atoms with Gasteiger partial charge < -0.3 is 15.7 Å². The maximum Gasteiger partial charge on any atom is 0.321 e. The van der Waals surface area contributed by atoms with E-state index in [-0.39, 0.29) is 30.0 Å². The Labute approximate surface area is 236 Å². The van der Waals surface area contributed by atoms with Gasteiger partial charge >= 0.3 is 5.97 Å². The molecule has 1 aliphatic carbocycles. The number of carboxylic acid groups (broad SMARTS) is 1. The fraction of sp³-hybridized carbons (Fsp3) is 0.562. The number of halogens is 2. The first-order chi connectivity index (χ1) is 18.8. The second kappa shape index (κ2) is 12.4. The Bertz CT molecular complexity index is 1230. The molecule has 1 fully saturated rings. The lowest BCUT2D eigenvalue weighted by Gasteiger charge is -2.32. The van der Waals surface area contributed by atoms with Gasteiger partial charge in [0.05, 0.1) is 5.92 Å². The Kier molecular flexibility index (Phi) is 9.30. The van der Waals surface area contributed by atoms with E-state index < -0.39 is 35.5 Å². The molecule has 218 valence electrons. The van der Waals surface area contributed by atoms with Crippen LogP contribution in [0, 0.1) is 23.5 Å². The van der Waals surface area contributed by atoms with Crippen molar-refractivity contribution in [1.29, 1.82) is 0 Å². The number of amides is 1. The van der Waals surface area contributed by atoms with Gasteiger partial charge in [-0.15, -0.1) is 0 Å². The van der Waals surface area contributed by atoms with Crippen molar-refractivity contribution in [3.8, 4) is 0 Å². The molecule has 2 aromatic carbocycles. The number of aryl methyl sites for hydroxylation is 2. The lowest BCUT2D eigenvalue weighted by molar-refractivity contribution is -0.139. The van der Waals surface area contributed by atoms with Crippen LogP contribution in [0.3, 0.4) is 0 Å². The number of benzene rings is 2. The molecule has 8 heteroatoms. The highest BCUT2D eigenvalue weighted by molar-refractivity contribution is 5.81. The third kappa shape index (κ3) is 7.07. The van der Waals surface area contributed by atoms with E-state index in [1.165, 1.54) is 23.3 Å². The van der Waals surface area contributed by atoms with Crippen molar-refractivity contribution in [3.05, 3.63) is 70.3 Å². The van der Waals surface area contributed by atoms with Crippen LogP contribution in [-0.4, -0.2) is 59.1 Å². The number of carbonyl (C=O) groups excluding carboxylic acids is 1. The molecule has 0 bridgehead atoms. The monoisotopic (exact) mass is 555 g/mol. The Hall–Kier alpha value is -2.84. The van der Waals surface area contributed by atoms with Crippen molar-refractivity contribution in [2.45, 2.75) is 83.8 Å². The third-order valence-corrected chi connectivity index (χ3v) is 8.58. The van der Waals surface area contributed by atoms with E-state index in [0.29, 0.717) is 25.1 Å². The number of carboxylic acids is 1. The summed E-state index contributed by atoms with van der Waals surface area (Å²) < 4.78 is 28.5. The van der Waals surface area contributed by atoms with Gasteiger partial charge in [-0.05, 0) is 80.7 Å². The minimum atomic E-state index is -0.933. The van der Waals surface area contributed by atoms with Crippen LogP contribution in [0.4, 0.5) is 8.78 Å². The SMILES string of the molecule is CC(C)C(CN[C@@H](Cc1ccc2c(c1)CCC2)C(=O)O)NC(=O)[C@@H]1CN(C(C)(C)C)C[C@H]1c1ccc(F)cc1F. The molecule has 1 amide bonds. The molecule has 2 aromatic rings. The van der Waals surface area contributed by atoms with Crippen LogP contribution in [0.5, 0.6) is 0 Å². The van der Waals surface area contributed by atoms with E-state index in [2.05, 4.69) is 48.4 Å². The van der Waals surface area contributed by atoms with Crippen molar-refractivity contribution < 1.29 is 23.5 Å². The fourth-order valence-electron chi connectivity index (χ4n) is 5.98. The number of likely N-dealkylation sites (tertiary alicyclic amines) is 1. The average molecular weight is 556 g/mol. The quantitative estimate of drug-likeness (QED) is 0.396. The predicted octanol–water partition coefficient (Wildman–Crippen LogP) is 4.69. The molecule has 3 N–H and O–H groups in total. The highest BCUT2D eigenvalue weighted by Gasteiger charge is 2.43. The van der Waals surface area contributed by atoms with Gasteiger partial charge in [0.1, 0.15) is 17.7 Å². The summed E-state index contributed by atoms with van der Waals surface area (Å²) >= 11 is 0. The van der Waals surface area contributed by atoms with E-state index in [4.69, 9.17) is 0 Å². The lowest BCUT2D eigenvalue weighted by atomic mass is 9.87. The summed E-state index contributed by atoms with van der Waals surface area (Å²) in [5.41, 5.74) is 3.76. The molecule has 0 radical (unpaired) electrons. The largest absolute Gasteiger partial charge is 0.480 e. The Morgan fingerprint density at radius 1 is 1.05 bits per heavy atom. The molecule has 1 unspecified atom stereocenters.